The number of piperidine rings is 1. The molecular weight excluding hydrogens is 264 g/mol. The Morgan fingerprint density at radius 3 is 2.58 bits per heavy atom. The smallest absolute Gasteiger partial charge is 0.262 e. The predicted octanol–water partition coefficient (Wildman–Crippen LogP) is 1.14. The predicted molar refractivity (Wildman–Crippen MR) is 69.7 cm³/mol. The van der Waals surface area contributed by atoms with Gasteiger partial charge in [0.1, 0.15) is 5.82 Å². The molecule has 104 valence electrons. The molecular formula is C12H18N4O2S. The standard InChI is InChI=1S/C12H18N4O2S/c1-3-15-9-12(14-10(15)2)19(17,18)16-6-4-11(8-13)5-7-16/h9,11H,3-7H2,1-2H3. The Labute approximate surface area is 113 Å². The second-order valence-electron chi connectivity index (χ2n) is 4.72. The van der Waals surface area contributed by atoms with E-state index in [4.69, 9.17) is 5.26 Å². The van der Waals surface area contributed by atoms with Gasteiger partial charge in [-0.3, -0.25) is 0 Å². The molecule has 1 fully saturated rings. The summed E-state index contributed by atoms with van der Waals surface area (Å²) in [5.74, 6) is 0.675. The number of rotatable bonds is 3. The summed E-state index contributed by atoms with van der Waals surface area (Å²) in [5.41, 5.74) is 0. The third kappa shape index (κ3) is 2.65. The first kappa shape index (κ1) is 14.0. The fourth-order valence-corrected chi connectivity index (χ4v) is 3.75. The van der Waals surface area contributed by atoms with Crippen LogP contribution in [0.5, 0.6) is 0 Å². The number of hydrogen-bond acceptors (Lipinski definition) is 4. The molecule has 0 spiro atoms. The van der Waals surface area contributed by atoms with Gasteiger partial charge < -0.3 is 4.57 Å². The van der Waals surface area contributed by atoms with Crippen molar-refractivity contribution in [2.45, 2.75) is 38.3 Å². The van der Waals surface area contributed by atoms with Crippen LogP contribution in [0, 0.1) is 24.2 Å². The van der Waals surface area contributed by atoms with Gasteiger partial charge in [0.2, 0.25) is 0 Å². The third-order valence-electron chi connectivity index (χ3n) is 3.54. The summed E-state index contributed by atoms with van der Waals surface area (Å²) < 4.78 is 28.1. The summed E-state index contributed by atoms with van der Waals surface area (Å²) >= 11 is 0. The van der Waals surface area contributed by atoms with Gasteiger partial charge in [-0.2, -0.15) is 9.57 Å². The molecule has 0 aliphatic carbocycles. The van der Waals surface area contributed by atoms with Gasteiger partial charge in [0.15, 0.2) is 5.03 Å². The Balaban J connectivity index is 2.21. The minimum absolute atomic E-state index is 0.0265. The lowest BCUT2D eigenvalue weighted by molar-refractivity contribution is 0.309. The summed E-state index contributed by atoms with van der Waals surface area (Å²) in [7, 11) is -3.51. The molecule has 1 aromatic rings. The fourth-order valence-electron chi connectivity index (χ4n) is 2.28. The van der Waals surface area contributed by atoms with Crippen molar-refractivity contribution in [1.29, 1.82) is 5.26 Å². The largest absolute Gasteiger partial charge is 0.334 e. The van der Waals surface area contributed by atoms with Crippen molar-refractivity contribution in [3.05, 3.63) is 12.0 Å². The van der Waals surface area contributed by atoms with Crippen LogP contribution in [0.15, 0.2) is 11.2 Å². The van der Waals surface area contributed by atoms with Crippen LogP contribution in [0.25, 0.3) is 0 Å². The lowest BCUT2D eigenvalue weighted by Crippen LogP contribution is -2.38. The maximum Gasteiger partial charge on any atom is 0.262 e. The van der Waals surface area contributed by atoms with E-state index in [1.54, 1.807) is 13.1 Å². The number of imidazole rings is 1. The molecule has 0 N–H and O–H groups in total. The topological polar surface area (TPSA) is 79.0 Å². The average molecular weight is 282 g/mol. The maximum atomic E-state index is 12.4. The highest BCUT2D eigenvalue weighted by molar-refractivity contribution is 7.89. The first-order chi connectivity index (χ1) is 8.98. The molecule has 1 saturated heterocycles. The molecule has 0 radical (unpaired) electrons. The van der Waals surface area contributed by atoms with Gasteiger partial charge in [0, 0.05) is 31.7 Å². The highest BCUT2D eigenvalue weighted by Gasteiger charge is 2.31. The van der Waals surface area contributed by atoms with Crippen LogP contribution in [0.3, 0.4) is 0 Å². The number of aryl methyl sites for hydroxylation is 2. The van der Waals surface area contributed by atoms with Gasteiger partial charge in [0.25, 0.3) is 10.0 Å². The summed E-state index contributed by atoms with van der Waals surface area (Å²) in [6.07, 6.45) is 2.79. The fraction of sp³-hybridized carbons (Fsp3) is 0.667. The number of sulfonamides is 1. The molecule has 1 aliphatic rings. The zero-order valence-corrected chi connectivity index (χ0v) is 12.0. The van der Waals surface area contributed by atoms with E-state index < -0.39 is 10.0 Å². The Morgan fingerprint density at radius 1 is 1.47 bits per heavy atom. The number of aromatic nitrogens is 2. The Morgan fingerprint density at radius 2 is 2.11 bits per heavy atom. The van der Waals surface area contributed by atoms with Gasteiger partial charge in [-0.05, 0) is 26.7 Å². The lowest BCUT2D eigenvalue weighted by Gasteiger charge is -2.27. The number of hydrogen-bond donors (Lipinski definition) is 0. The van der Waals surface area contributed by atoms with Crippen LogP contribution in [0.4, 0.5) is 0 Å². The van der Waals surface area contributed by atoms with E-state index in [9.17, 15) is 8.42 Å². The summed E-state index contributed by atoms with van der Waals surface area (Å²) in [6.45, 7) is 5.25. The molecule has 2 rings (SSSR count). The molecule has 2 heterocycles. The van der Waals surface area contributed by atoms with E-state index in [0.717, 1.165) is 0 Å². The van der Waals surface area contributed by atoms with Crippen LogP contribution in [-0.2, 0) is 16.6 Å². The van der Waals surface area contributed by atoms with Gasteiger partial charge in [-0.1, -0.05) is 0 Å². The van der Waals surface area contributed by atoms with E-state index in [2.05, 4.69) is 11.1 Å². The zero-order chi connectivity index (χ0) is 14.0. The minimum atomic E-state index is -3.51. The molecule has 0 atom stereocenters. The monoisotopic (exact) mass is 282 g/mol. The van der Waals surface area contributed by atoms with Crippen molar-refractivity contribution in [2.24, 2.45) is 5.92 Å². The van der Waals surface area contributed by atoms with Crippen molar-refractivity contribution in [1.82, 2.24) is 13.9 Å². The van der Waals surface area contributed by atoms with Crippen LogP contribution in [0.2, 0.25) is 0 Å². The highest BCUT2D eigenvalue weighted by atomic mass is 32.2. The van der Waals surface area contributed by atoms with E-state index in [1.165, 1.54) is 4.31 Å². The van der Waals surface area contributed by atoms with Crippen LogP contribution >= 0.6 is 0 Å². The normalized spacial score (nSPS) is 18.4. The number of nitriles is 1. The molecule has 0 saturated carbocycles. The van der Waals surface area contributed by atoms with Crippen molar-refractivity contribution < 1.29 is 8.42 Å². The van der Waals surface area contributed by atoms with Crippen molar-refractivity contribution in [2.75, 3.05) is 13.1 Å². The van der Waals surface area contributed by atoms with Crippen molar-refractivity contribution >= 4 is 10.0 Å². The van der Waals surface area contributed by atoms with Gasteiger partial charge in [-0.15, -0.1) is 0 Å². The second kappa shape index (κ2) is 5.31. The molecule has 0 unspecified atom stereocenters. The summed E-state index contributed by atoms with van der Waals surface area (Å²) in [6, 6.07) is 2.20. The van der Waals surface area contributed by atoms with Crippen molar-refractivity contribution in [3.8, 4) is 6.07 Å². The quantitative estimate of drug-likeness (QED) is 0.832. The van der Waals surface area contributed by atoms with E-state index in [1.807, 2.05) is 11.5 Å². The van der Waals surface area contributed by atoms with Crippen molar-refractivity contribution in [3.63, 3.8) is 0 Å². The molecule has 19 heavy (non-hydrogen) atoms. The first-order valence-electron chi connectivity index (χ1n) is 6.42. The SMILES string of the molecule is CCn1cc(S(=O)(=O)N2CCC(C#N)CC2)nc1C. The van der Waals surface area contributed by atoms with Crippen LogP contribution in [0.1, 0.15) is 25.6 Å². The second-order valence-corrected chi connectivity index (χ2v) is 6.60. The first-order valence-corrected chi connectivity index (χ1v) is 7.86. The third-order valence-corrected chi connectivity index (χ3v) is 5.31. The molecule has 1 aliphatic heterocycles. The van der Waals surface area contributed by atoms with Crippen LogP contribution < -0.4 is 0 Å². The van der Waals surface area contributed by atoms with E-state index in [-0.39, 0.29) is 10.9 Å². The van der Waals surface area contributed by atoms with E-state index in [0.29, 0.717) is 38.3 Å². The van der Waals surface area contributed by atoms with Gasteiger partial charge in [-0.25, -0.2) is 13.4 Å². The average Bonchev–Trinajstić information content (AvgIpc) is 2.81. The minimum Gasteiger partial charge on any atom is -0.334 e. The highest BCUT2D eigenvalue weighted by Crippen LogP contribution is 2.23. The summed E-state index contributed by atoms with van der Waals surface area (Å²) in [5, 5.41) is 8.95. The zero-order valence-electron chi connectivity index (χ0n) is 11.2. The summed E-state index contributed by atoms with van der Waals surface area (Å²) in [4.78, 5) is 4.14. The molecule has 7 heteroatoms. The molecule has 0 aromatic carbocycles. The Kier molecular flexibility index (Phi) is 3.92. The Bertz CT molecular complexity index is 592. The molecule has 0 amide bonds. The van der Waals surface area contributed by atoms with Gasteiger partial charge in [0.05, 0.1) is 6.07 Å². The maximum absolute atomic E-state index is 12.4. The molecule has 6 nitrogen and oxygen atoms in total. The Hall–Kier alpha value is -1.39. The van der Waals surface area contributed by atoms with E-state index >= 15 is 0 Å². The lowest BCUT2D eigenvalue weighted by atomic mass is 10.0. The molecule has 0 bridgehead atoms. The van der Waals surface area contributed by atoms with Gasteiger partial charge >= 0.3 is 0 Å². The van der Waals surface area contributed by atoms with Crippen LogP contribution in [-0.4, -0.2) is 35.4 Å². The number of nitrogens with zero attached hydrogens (tertiary/aromatic N) is 4. The molecule has 1 aromatic heterocycles.